The quantitative estimate of drug-likeness (QED) is 0.494. The highest BCUT2D eigenvalue weighted by atomic mass is 16.6. The fourth-order valence-corrected chi connectivity index (χ4v) is 3.84. The molecule has 0 radical (unpaired) electrons. The summed E-state index contributed by atoms with van der Waals surface area (Å²) in [6, 6.07) is 23.5. The minimum absolute atomic E-state index is 0.0109. The monoisotopic (exact) mass is 435 g/mol. The van der Waals surface area contributed by atoms with Crippen molar-refractivity contribution in [1.82, 2.24) is 5.32 Å². The van der Waals surface area contributed by atoms with E-state index in [9.17, 15) is 0 Å². The van der Waals surface area contributed by atoms with Crippen LogP contribution in [0.2, 0.25) is 0 Å². The number of fused-ring (bicyclic) bond motifs is 1. The van der Waals surface area contributed by atoms with Crippen molar-refractivity contribution in [3.8, 4) is 28.7 Å². The largest absolute Gasteiger partial charge is 0.493 e. The number of ether oxygens (including phenoxy) is 5. The van der Waals surface area contributed by atoms with Gasteiger partial charge in [-0.05, 0) is 36.8 Å². The van der Waals surface area contributed by atoms with Crippen LogP contribution in [0.25, 0.3) is 0 Å². The summed E-state index contributed by atoms with van der Waals surface area (Å²) in [4.78, 5) is 0. The van der Waals surface area contributed by atoms with Gasteiger partial charge < -0.3 is 29.0 Å². The van der Waals surface area contributed by atoms with E-state index >= 15 is 0 Å². The van der Waals surface area contributed by atoms with E-state index in [1.165, 1.54) is 0 Å². The molecule has 1 aliphatic rings. The highest BCUT2D eigenvalue weighted by Gasteiger charge is 2.36. The Morgan fingerprint density at radius 1 is 0.812 bits per heavy atom. The minimum Gasteiger partial charge on any atom is -0.493 e. The molecule has 0 saturated carbocycles. The molecule has 168 valence electrons. The Bertz CT molecular complexity index is 988. The van der Waals surface area contributed by atoms with Crippen LogP contribution in [0.4, 0.5) is 0 Å². The highest BCUT2D eigenvalue weighted by Crippen LogP contribution is 2.40. The zero-order valence-corrected chi connectivity index (χ0v) is 18.6. The molecule has 0 saturated heterocycles. The highest BCUT2D eigenvalue weighted by molar-refractivity contribution is 5.51. The molecule has 3 aromatic carbocycles. The third-order valence-electron chi connectivity index (χ3n) is 5.48. The fourth-order valence-electron chi connectivity index (χ4n) is 3.84. The van der Waals surface area contributed by atoms with Crippen molar-refractivity contribution >= 4 is 0 Å². The van der Waals surface area contributed by atoms with Crippen LogP contribution in [0.15, 0.2) is 72.8 Å². The van der Waals surface area contributed by atoms with E-state index in [1.807, 2.05) is 60.7 Å². The maximum absolute atomic E-state index is 6.38. The summed E-state index contributed by atoms with van der Waals surface area (Å²) in [5.74, 6) is 3.40. The third kappa shape index (κ3) is 4.75. The Morgan fingerprint density at radius 3 is 2.09 bits per heavy atom. The molecule has 3 atom stereocenters. The lowest BCUT2D eigenvalue weighted by molar-refractivity contribution is 0.000390. The molecule has 0 spiro atoms. The summed E-state index contributed by atoms with van der Waals surface area (Å²) >= 11 is 0. The second kappa shape index (κ2) is 10.3. The predicted octanol–water partition coefficient (Wildman–Crippen LogP) is 4.64. The van der Waals surface area contributed by atoms with E-state index in [2.05, 4.69) is 24.4 Å². The molecule has 1 unspecified atom stereocenters. The minimum atomic E-state index is -0.219. The first kappa shape index (κ1) is 21.8. The van der Waals surface area contributed by atoms with Crippen LogP contribution in [-0.2, 0) is 0 Å². The molecular formula is C26H29NO5. The van der Waals surface area contributed by atoms with Crippen LogP contribution >= 0.6 is 0 Å². The Labute approximate surface area is 189 Å². The number of benzene rings is 3. The van der Waals surface area contributed by atoms with Gasteiger partial charge in [-0.25, -0.2) is 0 Å². The standard InChI is InChI=1S/C26H29NO5/c1-18(27-16-17-30-26-22(28-2)14-9-15-23(26)29-3)24-25(19-10-5-4-6-11-19)32-21-13-8-7-12-20(21)31-24/h4-15,18,24-25,27H,16-17H2,1-3H3/t18?,24-,25+/m1/s1. The molecule has 6 nitrogen and oxygen atoms in total. The van der Waals surface area contributed by atoms with Crippen LogP contribution in [0.3, 0.4) is 0 Å². The van der Waals surface area contributed by atoms with Gasteiger partial charge in [0.25, 0.3) is 0 Å². The van der Waals surface area contributed by atoms with Gasteiger partial charge in [-0.1, -0.05) is 48.5 Å². The van der Waals surface area contributed by atoms with E-state index in [0.29, 0.717) is 30.4 Å². The van der Waals surface area contributed by atoms with Crippen molar-refractivity contribution in [1.29, 1.82) is 0 Å². The predicted molar refractivity (Wildman–Crippen MR) is 123 cm³/mol. The topological polar surface area (TPSA) is 58.2 Å². The molecule has 3 aromatic rings. The third-order valence-corrected chi connectivity index (χ3v) is 5.48. The summed E-state index contributed by atoms with van der Waals surface area (Å²) in [7, 11) is 3.23. The van der Waals surface area contributed by atoms with Gasteiger partial charge in [-0.15, -0.1) is 0 Å². The average molecular weight is 436 g/mol. The van der Waals surface area contributed by atoms with Crippen LogP contribution < -0.4 is 29.0 Å². The average Bonchev–Trinajstić information content (AvgIpc) is 2.86. The van der Waals surface area contributed by atoms with Crippen LogP contribution in [0.1, 0.15) is 18.6 Å². The van der Waals surface area contributed by atoms with Gasteiger partial charge in [0.15, 0.2) is 35.2 Å². The van der Waals surface area contributed by atoms with Crippen molar-refractivity contribution in [3.63, 3.8) is 0 Å². The molecule has 1 aliphatic heterocycles. The lowest BCUT2D eigenvalue weighted by Gasteiger charge is -2.37. The summed E-state index contributed by atoms with van der Waals surface area (Å²) in [6.07, 6.45) is -0.420. The van der Waals surface area contributed by atoms with E-state index < -0.39 is 0 Å². The summed E-state index contributed by atoms with van der Waals surface area (Å²) in [5.41, 5.74) is 1.08. The first-order valence-corrected chi connectivity index (χ1v) is 10.8. The van der Waals surface area contributed by atoms with Gasteiger partial charge in [0.2, 0.25) is 5.75 Å². The molecular weight excluding hydrogens is 406 g/mol. The summed E-state index contributed by atoms with van der Waals surface area (Å²) in [5, 5.41) is 3.52. The number of rotatable bonds is 9. The van der Waals surface area contributed by atoms with Crippen molar-refractivity contribution < 1.29 is 23.7 Å². The van der Waals surface area contributed by atoms with Gasteiger partial charge in [-0.2, -0.15) is 0 Å². The lowest BCUT2D eigenvalue weighted by atomic mass is 9.98. The smallest absolute Gasteiger partial charge is 0.203 e. The SMILES string of the molecule is COc1cccc(OC)c1OCCNC(C)[C@H]1Oc2ccccc2O[C@H]1c1ccccc1. The van der Waals surface area contributed by atoms with E-state index in [1.54, 1.807) is 14.2 Å². The van der Waals surface area contributed by atoms with Crippen LogP contribution in [0, 0.1) is 0 Å². The molecule has 0 aromatic heterocycles. The molecule has 32 heavy (non-hydrogen) atoms. The maximum Gasteiger partial charge on any atom is 0.203 e. The number of nitrogens with one attached hydrogen (secondary N) is 1. The van der Waals surface area contributed by atoms with Crippen molar-refractivity contribution in [3.05, 3.63) is 78.4 Å². The van der Waals surface area contributed by atoms with E-state index in [-0.39, 0.29) is 18.2 Å². The van der Waals surface area contributed by atoms with Gasteiger partial charge in [0, 0.05) is 12.6 Å². The number of hydrogen-bond acceptors (Lipinski definition) is 6. The van der Waals surface area contributed by atoms with Crippen molar-refractivity contribution in [2.75, 3.05) is 27.4 Å². The molecule has 4 rings (SSSR count). The van der Waals surface area contributed by atoms with E-state index in [0.717, 1.165) is 17.1 Å². The number of methoxy groups -OCH3 is 2. The van der Waals surface area contributed by atoms with Crippen molar-refractivity contribution in [2.24, 2.45) is 0 Å². The van der Waals surface area contributed by atoms with Crippen LogP contribution in [0.5, 0.6) is 28.7 Å². The first-order valence-electron chi connectivity index (χ1n) is 10.8. The van der Waals surface area contributed by atoms with Crippen LogP contribution in [-0.4, -0.2) is 39.5 Å². The molecule has 0 aliphatic carbocycles. The van der Waals surface area contributed by atoms with Gasteiger partial charge in [-0.3, -0.25) is 0 Å². The second-order valence-corrected chi connectivity index (χ2v) is 7.56. The maximum atomic E-state index is 6.38. The van der Waals surface area contributed by atoms with Gasteiger partial charge in [0.1, 0.15) is 6.61 Å². The Hall–Kier alpha value is -3.38. The number of hydrogen-bond donors (Lipinski definition) is 1. The Morgan fingerprint density at radius 2 is 1.44 bits per heavy atom. The van der Waals surface area contributed by atoms with E-state index in [4.69, 9.17) is 23.7 Å². The summed E-state index contributed by atoms with van der Waals surface area (Å²) in [6.45, 7) is 3.16. The van der Waals surface area contributed by atoms with Gasteiger partial charge >= 0.3 is 0 Å². The molecule has 0 fully saturated rings. The molecule has 1 heterocycles. The molecule has 1 N–H and O–H groups in total. The first-order chi connectivity index (χ1) is 15.7. The fraction of sp³-hybridized carbons (Fsp3) is 0.308. The summed E-state index contributed by atoms with van der Waals surface area (Å²) < 4.78 is 29.5. The molecule has 6 heteroatoms. The zero-order chi connectivity index (χ0) is 22.3. The molecule has 0 bridgehead atoms. The zero-order valence-electron chi connectivity index (χ0n) is 18.6. The molecule has 0 amide bonds. The number of para-hydroxylation sites is 3. The second-order valence-electron chi connectivity index (χ2n) is 7.56. The normalized spacial score (nSPS) is 18.0. The van der Waals surface area contributed by atoms with Crippen molar-refractivity contribution in [2.45, 2.75) is 25.2 Å². The Balaban J connectivity index is 1.42. The Kier molecular flexibility index (Phi) is 7.02. The van der Waals surface area contributed by atoms with Gasteiger partial charge in [0.05, 0.1) is 14.2 Å². The lowest BCUT2D eigenvalue weighted by Crippen LogP contribution is -2.48.